The van der Waals surface area contributed by atoms with Crippen LogP contribution in [0.3, 0.4) is 0 Å². The third-order valence-electron chi connectivity index (χ3n) is 2.60. The summed E-state index contributed by atoms with van der Waals surface area (Å²) in [6, 6.07) is 8.84. The van der Waals surface area contributed by atoms with Crippen LogP contribution in [0.1, 0.15) is 12.0 Å². The highest BCUT2D eigenvalue weighted by molar-refractivity contribution is 5.36. The number of benzene rings is 1. The van der Waals surface area contributed by atoms with E-state index in [0.29, 0.717) is 24.3 Å². The van der Waals surface area contributed by atoms with E-state index < -0.39 is 12.3 Å². The van der Waals surface area contributed by atoms with Crippen LogP contribution in [-0.4, -0.2) is 25.4 Å². The first-order valence-electron chi connectivity index (χ1n) is 5.31. The van der Waals surface area contributed by atoms with Gasteiger partial charge in [0, 0.05) is 6.54 Å². The lowest BCUT2D eigenvalue weighted by Gasteiger charge is -2.27. The molecular weight excluding hydrogens is 207 g/mol. The van der Waals surface area contributed by atoms with E-state index in [9.17, 15) is 4.39 Å². The number of nitrogens with one attached hydrogen (secondary N) is 1. The zero-order valence-corrected chi connectivity index (χ0v) is 8.82. The van der Waals surface area contributed by atoms with Gasteiger partial charge in [0.2, 0.25) is 0 Å². The Kier molecular flexibility index (Phi) is 3.37. The van der Waals surface area contributed by atoms with Crippen LogP contribution in [-0.2, 0) is 0 Å². The van der Waals surface area contributed by atoms with Crippen LogP contribution in [0, 0.1) is 11.3 Å². The quantitative estimate of drug-likeness (QED) is 0.824. The summed E-state index contributed by atoms with van der Waals surface area (Å²) in [5.74, 6) is 0.564. The number of halogens is 1. The fourth-order valence-electron chi connectivity index (χ4n) is 1.74. The van der Waals surface area contributed by atoms with Crippen molar-refractivity contribution in [2.75, 3.05) is 13.1 Å². The summed E-state index contributed by atoms with van der Waals surface area (Å²) < 4.78 is 19.0. The van der Waals surface area contributed by atoms with E-state index in [2.05, 4.69) is 5.32 Å². The van der Waals surface area contributed by atoms with Gasteiger partial charge in [-0.2, -0.15) is 5.26 Å². The van der Waals surface area contributed by atoms with Gasteiger partial charge in [0.25, 0.3) is 0 Å². The van der Waals surface area contributed by atoms with Crippen LogP contribution in [0.15, 0.2) is 24.3 Å². The van der Waals surface area contributed by atoms with Crippen LogP contribution < -0.4 is 10.1 Å². The molecule has 1 heterocycles. The molecule has 4 heteroatoms. The van der Waals surface area contributed by atoms with Crippen LogP contribution in [0.5, 0.6) is 5.75 Å². The lowest BCUT2D eigenvalue weighted by atomic mass is 10.1. The molecular formula is C12H13FN2O. The molecule has 1 N–H and O–H groups in total. The number of ether oxygens (including phenoxy) is 1. The van der Waals surface area contributed by atoms with E-state index in [0.717, 1.165) is 6.54 Å². The summed E-state index contributed by atoms with van der Waals surface area (Å²) in [7, 11) is 0. The predicted octanol–water partition coefficient (Wildman–Crippen LogP) is 1.64. The maximum absolute atomic E-state index is 13.5. The van der Waals surface area contributed by atoms with Crippen LogP contribution in [0.4, 0.5) is 4.39 Å². The molecule has 0 aliphatic carbocycles. The normalized spacial score (nSPS) is 24.8. The minimum atomic E-state index is -0.987. The average Bonchev–Trinajstić information content (AvgIpc) is 2.32. The molecule has 0 saturated carbocycles. The molecule has 1 aromatic rings. The molecule has 0 spiro atoms. The fraction of sp³-hybridized carbons (Fsp3) is 0.417. The van der Waals surface area contributed by atoms with Crippen molar-refractivity contribution in [1.82, 2.24) is 5.32 Å². The number of hydrogen-bond donors (Lipinski definition) is 1. The Morgan fingerprint density at radius 1 is 1.50 bits per heavy atom. The second-order valence-corrected chi connectivity index (χ2v) is 3.80. The maximum atomic E-state index is 13.5. The van der Waals surface area contributed by atoms with E-state index >= 15 is 0 Å². The SMILES string of the molecule is N#Cc1cccc(OC2CCNC[C@@H]2F)c1. The molecule has 2 atom stereocenters. The van der Waals surface area contributed by atoms with Crippen molar-refractivity contribution in [3.63, 3.8) is 0 Å². The first-order chi connectivity index (χ1) is 7.79. The Morgan fingerprint density at radius 2 is 2.38 bits per heavy atom. The molecule has 1 unspecified atom stereocenters. The molecule has 2 rings (SSSR count). The van der Waals surface area contributed by atoms with Crippen molar-refractivity contribution in [1.29, 1.82) is 5.26 Å². The number of nitrogens with zero attached hydrogens (tertiary/aromatic N) is 1. The first kappa shape index (κ1) is 10.9. The van der Waals surface area contributed by atoms with Gasteiger partial charge in [0.1, 0.15) is 18.0 Å². The largest absolute Gasteiger partial charge is 0.487 e. The zero-order valence-electron chi connectivity index (χ0n) is 8.82. The van der Waals surface area contributed by atoms with E-state index in [1.54, 1.807) is 24.3 Å². The smallest absolute Gasteiger partial charge is 0.149 e. The van der Waals surface area contributed by atoms with Crippen LogP contribution in [0.25, 0.3) is 0 Å². The molecule has 1 aromatic carbocycles. The van der Waals surface area contributed by atoms with Gasteiger partial charge < -0.3 is 10.1 Å². The Hall–Kier alpha value is -1.60. The van der Waals surface area contributed by atoms with Crippen molar-refractivity contribution in [2.45, 2.75) is 18.7 Å². The summed E-state index contributed by atoms with van der Waals surface area (Å²) >= 11 is 0. The lowest BCUT2D eigenvalue weighted by molar-refractivity contribution is 0.0731. The molecule has 1 aliphatic rings. The van der Waals surface area contributed by atoms with Gasteiger partial charge in [-0.15, -0.1) is 0 Å². The van der Waals surface area contributed by atoms with Crippen LogP contribution in [0.2, 0.25) is 0 Å². The van der Waals surface area contributed by atoms with Gasteiger partial charge in [0.15, 0.2) is 0 Å². The lowest BCUT2D eigenvalue weighted by Crippen LogP contribution is -2.44. The number of piperidine rings is 1. The third-order valence-corrected chi connectivity index (χ3v) is 2.60. The van der Waals surface area contributed by atoms with Crippen molar-refractivity contribution < 1.29 is 9.13 Å². The minimum Gasteiger partial charge on any atom is -0.487 e. The number of alkyl halides is 1. The van der Waals surface area contributed by atoms with Crippen molar-refractivity contribution in [2.24, 2.45) is 0 Å². The third kappa shape index (κ3) is 2.50. The van der Waals surface area contributed by atoms with Crippen molar-refractivity contribution in [3.05, 3.63) is 29.8 Å². The van der Waals surface area contributed by atoms with Gasteiger partial charge >= 0.3 is 0 Å². The van der Waals surface area contributed by atoms with Gasteiger partial charge in [-0.3, -0.25) is 0 Å². The molecule has 16 heavy (non-hydrogen) atoms. The summed E-state index contributed by atoms with van der Waals surface area (Å²) in [6.45, 7) is 1.10. The summed E-state index contributed by atoms with van der Waals surface area (Å²) in [5.41, 5.74) is 0.529. The average molecular weight is 220 g/mol. The second-order valence-electron chi connectivity index (χ2n) is 3.80. The van der Waals surface area contributed by atoms with Gasteiger partial charge in [-0.05, 0) is 31.2 Å². The summed E-state index contributed by atoms with van der Waals surface area (Å²) in [4.78, 5) is 0. The summed E-state index contributed by atoms with van der Waals surface area (Å²) in [5, 5.41) is 11.7. The van der Waals surface area contributed by atoms with Gasteiger partial charge in [0.05, 0.1) is 11.6 Å². The molecule has 3 nitrogen and oxygen atoms in total. The highest BCUT2D eigenvalue weighted by Crippen LogP contribution is 2.19. The molecule has 1 saturated heterocycles. The first-order valence-corrected chi connectivity index (χ1v) is 5.31. The fourth-order valence-corrected chi connectivity index (χ4v) is 1.74. The Labute approximate surface area is 93.8 Å². The van der Waals surface area contributed by atoms with E-state index in [1.807, 2.05) is 6.07 Å². The van der Waals surface area contributed by atoms with E-state index in [1.165, 1.54) is 0 Å². The maximum Gasteiger partial charge on any atom is 0.149 e. The number of rotatable bonds is 2. The number of hydrogen-bond acceptors (Lipinski definition) is 3. The highest BCUT2D eigenvalue weighted by atomic mass is 19.1. The van der Waals surface area contributed by atoms with Crippen molar-refractivity contribution >= 4 is 0 Å². The Morgan fingerprint density at radius 3 is 3.12 bits per heavy atom. The highest BCUT2D eigenvalue weighted by Gasteiger charge is 2.26. The zero-order chi connectivity index (χ0) is 11.4. The van der Waals surface area contributed by atoms with Gasteiger partial charge in [-0.25, -0.2) is 4.39 Å². The van der Waals surface area contributed by atoms with E-state index in [4.69, 9.17) is 10.00 Å². The molecule has 0 amide bonds. The molecule has 0 radical (unpaired) electrons. The molecule has 1 fully saturated rings. The summed E-state index contributed by atoms with van der Waals surface area (Å²) in [6.07, 6.45) is -0.743. The topological polar surface area (TPSA) is 45.0 Å². The minimum absolute atomic E-state index is 0.336. The molecule has 1 aliphatic heterocycles. The standard InChI is InChI=1S/C12H13FN2O/c13-11-8-15-5-4-12(11)16-10-3-1-2-9(6-10)7-14/h1-3,6,11-12,15H,4-5,8H2/t11-,12?/m0/s1. The molecule has 84 valence electrons. The Bertz CT molecular complexity index is 402. The number of nitriles is 1. The van der Waals surface area contributed by atoms with Crippen molar-refractivity contribution in [3.8, 4) is 11.8 Å². The molecule has 0 bridgehead atoms. The monoisotopic (exact) mass is 220 g/mol. The second kappa shape index (κ2) is 4.95. The van der Waals surface area contributed by atoms with Crippen LogP contribution >= 0.6 is 0 Å². The molecule has 0 aromatic heterocycles. The van der Waals surface area contributed by atoms with E-state index in [-0.39, 0.29) is 0 Å². The Balaban J connectivity index is 2.05. The predicted molar refractivity (Wildman–Crippen MR) is 58.0 cm³/mol. The van der Waals surface area contributed by atoms with Gasteiger partial charge in [-0.1, -0.05) is 6.07 Å².